The highest BCUT2D eigenvalue weighted by molar-refractivity contribution is 5.74. The summed E-state index contributed by atoms with van der Waals surface area (Å²) in [5.41, 5.74) is 2.42. The number of piperidine rings is 1. The molecule has 0 unspecified atom stereocenters. The number of hydrogen-bond donors (Lipinski definition) is 3. The van der Waals surface area contributed by atoms with Crippen LogP contribution < -0.4 is 16.0 Å². The van der Waals surface area contributed by atoms with Crippen molar-refractivity contribution in [3.05, 3.63) is 35.4 Å². The van der Waals surface area contributed by atoms with Crippen LogP contribution in [0.1, 0.15) is 64.6 Å². The summed E-state index contributed by atoms with van der Waals surface area (Å²) in [4.78, 5) is 12.4. The van der Waals surface area contributed by atoms with Gasteiger partial charge in [-0.15, -0.1) is 0 Å². The Hall–Kier alpha value is -1.55. The standard InChI is InChI=1S/C19H31N3O/c1-13-9-7-8-10-16(13)14(2)20-17(23)21-15-11-18(3,4)22-19(5,6)12-15/h7-10,14-15,22H,11-12H2,1-6H3,(H2,20,21,23)/t14-/m0/s1. The van der Waals surface area contributed by atoms with E-state index in [4.69, 9.17) is 0 Å². The molecule has 1 fully saturated rings. The summed E-state index contributed by atoms with van der Waals surface area (Å²) in [6, 6.07) is 8.27. The van der Waals surface area contributed by atoms with E-state index in [-0.39, 0.29) is 29.2 Å². The van der Waals surface area contributed by atoms with E-state index in [0.717, 1.165) is 18.4 Å². The average Bonchev–Trinajstić information content (AvgIpc) is 2.34. The minimum Gasteiger partial charge on any atom is -0.335 e. The van der Waals surface area contributed by atoms with Gasteiger partial charge in [0.1, 0.15) is 0 Å². The van der Waals surface area contributed by atoms with Crippen molar-refractivity contribution < 1.29 is 4.79 Å². The first-order valence-electron chi connectivity index (χ1n) is 8.50. The van der Waals surface area contributed by atoms with E-state index in [9.17, 15) is 4.79 Å². The van der Waals surface area contributed by atoms with Crippen molar-refractivity contribution in [2.24, 2.45) is 0 Å². The van der Waals surface area contributed by atoms with Crippen LogP contribution >= 0.6 is 0 Å². The molecule has 23 heavy (non-hydrogen) atoms. The number of carbonyl (C=O) groups is 1. The Balaban J connectivity index is 1.95. The Morgan fingerprint density at radius 3 is 2.30 bits per heavy atom. The summed E-state index contributed by atoms with van der Waals surface area (Å²) in [6.45, 7) is 12.9. The van der Waals surface area contributed by atoms with Crippen molar-refractivity contribution in [2.75, 3.05) is 0 Å². The molecule has 1 aliphatic rings. The molecule has 0 saturated carbocycles. The van der Waals surface area contributed by atoms with E-state index in [1.807, 2.05) is 19.1 Å². The fourth-order valence-corrected chi connectivity index (χ4v) is 4.00. The van der Waals surface area contributed by atoms with Crippen LogP contribution in [-0.4, -0.2) is 23.2 Å². The normalized spacial score (nSPS) is 21.5. The van der Waals surface area contributed by atoms with Gasteiger partial charge in [-0.2, -0.15) is 0 Å². The van der Waals surface area contributed by atoms with Gasteiger partial charge in [0, 0.05) is 17.1 Å². The number of urea groups is 1. The zero-order valence-corrected chi connectivity index (χ0v) is 15.3. The number of aryl methyl sites for hydroxylation is 1. The maximum Gasteiger partial charge on any atom is 0.315 e. The second-order valence-corrected chi connectivity index (χ2v) is 8.19. The average molecular weight is 317 g/mol. The first-order valence-corrected chi connectivity index (χ1v) is 8.50. The molecule has 2 amide bonds. The van der Waals surface area contributed by atoms with Gasteiger partial charge in [0.05, 0.1) is 6.04 Å². The molecule has 4 heteroatoms. The van der Waals surface area contributed by atoms with Crippen LogP contribution in [0.25, 0.3) is 0 Å². The van der Waals surface area contributed by atoms with Crippen LogP contribution in [0.3, 0.4) is 0 Å². The smallest absolute Gasteiger partial charge is 0.315 e. The molecule has 1 aromatic rings. The van der Waals surface area contributed by atoms with Gasteiger partial charge in [0.25, 0.3) is 0 Å². The maximum absolute atomic E-state index is 12.4. The third-order valence-corrected chi connectivity index (χ3v) is 4.53. The third-order valence-electron chi connectivity index (χ3n) is 4.53. The maximum atomic E-state index is 12.4. The van der Waals surface area contributed by atoms with Crippen molar-refractivity contribution in [3.63, 3.8) is 0 Å². The topological polar surface area (TPSA) is 53.2 Å². The first kappa shape index (κ1) is 17.8. The van der Waals surface area contributed by atoms with Gasteiger partial charge < -0.3 is 16.0 Å². The third kappa shape index (κ3) is 4.96. The molecular formula is C19H31N3O. The van der Waals surface area contributed by atoms with Crippen LogP contribution in [0.5, 0.6) is 0 Å². The lowest BCUT2D eigenvalue weighted by Gasteiger charge is -2.46. The zero-order chi connectivity index (χ0) is 17.3. The van der Waals surface area contributed by atoms with E-state index in [1.165, 1.54) is 5.56 Å². The van der Waals surface area contributed by atoms with Crippen molar-refractivity contribution in [1.82, 2.24) is 16.0 Å². The lowest BCUT2D eigenvalue weighted by molar-refractivity contribution is 0.147. The van der Waals surface area contributed by atoms with Crippen LogP contribution in [-0.2, 0) is 0 Å². The Kier molecular flexibility index (Phi) is 5.04. The summed E-state index contributed by atoms with van der Waals surface area (Å²) in [6.07, 6.45) is 1.87. The van der Waals surface area contributed by atoms with Gasteiger partial charge in [0.15, 0.2) is 0 Å². The van der Waals surface area contributed by atoms with Crippen molar-refractivity contribution in [2.45, 2.75) is 77.5 Å². The predicted molar refractivity (Wildman–Crippen MR) is 95.6 cm³/mol. The van der Waals surface area contributed by atoms with Crippen molar-refractivity contribution >= 4 is 6.03 Å². The molecule has 128 valence electrons. The zero-order valence-electron chi connectivity index (χ0n) is 15.3. The molecule has 0 radical (unpaired) electrons. The SMILES string of the molecule is Cc1ccccc1[C@H](C)NC(=O)NC1CC(C)(C)NC(C)(C)C1. The largest absolute Gasteiger partial charge is 0.335 e. The molecule has 1 saturated heterocycles. The molecule has 1 heterocycles. The van der Waals surface area contributed by atoms with Gasteiger partial charge >= 0.3 is 6.03 Å². The molecule has 1 atom stereocenters. The summed E-state index contributed by atoms with van der Waals surface area (Å²) >= 11 is 0. The minimum absolute atomic E-state index is 0.000985. The van der Waals surface area contributed by atoms with E-state index in [2.05, 4.69) is 62.7 Å². The Morgan fingerprint density at radius 1 is 1.17 bits per heavy atom. The number of benzene rings is 1. The number of nitrogens with one attached hydrogen (secondary N) is 3. The molecular weight excluding hydrogens is 286 g/mol. The Bertz CT molecular complexity index is 549. The molecule has 0 bridgehead atoms. The van der Waals surface area contributed by atoms with E-state index < -0.39 is 0 Å². The Labute approximate surface area is 140 Å². The summed E-state index contributed by atoms with van der Waals surface area (Å²) < 4.78 is 0. The Morgan fingerprint density at radius 2 is 1.74 bits per heavy atom. The van der Waals surface area contributed by atoms with E-state index >= 15 is 0 Å². The van der Waals surface area contributed by atoms with Crippen LogP contribution in [0.4, 0.5) is 4.79 Å². The van der Waals surface area contributed by atoms with E-state index in [0.29, 0.717) is 0 Å². The highest BCUT2D eigenvalue weighted by Crippen LogP contribution is 2.28. The van der Waals surface area contributed by atoms with Gasteiger partial charge in [-0.3, -0.25) is 0 Å². The minimum atomic E-state index is -0.0840. The van der Waals surface area contributed by atoms with Gasteiger partial charge in [0.2, 0.25) is 0 Å². The van der Waals surface area contributed by atoms with E-state index in [1.54, 1.807) is 0 Å². The second kappa shape index (κ2) is 6.52. The predicted octanol–water partition coefficient (Wildman–Crippen LogP) is 3.66. The molecule has 0 spiro atoms. The quantitative estimate of drug-likeness (QED) is 0.797. The van der Waals surface area contributed by atoms with Gasteiger partial charge in [-0.05, 0) is 65.5 Å². The number of carbonyl (C=O) groups excluding carboxylic acids is 1. The van der Waals surface area contributed by atoms with Crippen LogP contribution in [0.2, 0.25) is 0 Å². The molecule has 0 aliphatic carbocycles. The first-order chi connectivity index (χ1) is 10.6. The molecule has 3 N–H and O–H groups in total. The highest BCUT2D eigenvalue weighted by atomic mass is 16.2. The molecule has 1 aromatic carbocycles. The molecule has 1 aliphatic heterocycles. The number of hydrogen-bond acceptors (Lipinski definition) is 2. The molecule has 0 aromatic heterocycles. The fraction of sp³-hybridized carbons (Fsp3) is 0.632. The summed E-state index contributed by atoms with van der Waals surface area (Å²) in [7, 11) is 0. The van der Waals surface area contributed by atoms with Gasteiger partial charge in [-0.1, -0.05) is 24.3 Å². The lowest BCUT2D eigenvalue weighted by Crippen LogP contribution is -2.62. The van der Waals surface area contributed by atoms with Crippen molar-refractivity contribution in [3.8, 4) is 0 Å². The number of rotatable bonds is 3. The van der Waals surface area contributed by atoms with Crippen molar-refractivity contribution in [1.29, 1.82) is 0 Å². The lowest BCUT2D eigenvalue weighted by atomic mass is 9.80. The second-order valence-electron chi connectivity index (χ2n) is 8.19. The summed E-state index contributed by atoms with van der Waals surface area (Å²) in [5.74, 6) is 0. The number of amides is 2. The molecule has 4 nitrogen and oxygen atoms in total. The van der Waals surface area contributed by atoms with Gasteiger partial charge in [-0.25, -0.2) is 4.79 Å². The monoisotopic (exact) mass is 317 g/mol. The fourth-order valence-electron chi connectivity index (χ4n) is 4.00. The molecule has 2 rings (SSSR count). The highest BCUT2D eigenvalue weighted by Gasteiger charge is 2.38. The summed E-state index contributed by atoms with van der Waals surface area (Å²) in [5, 5.41) is 9.87. The van der Waals surface area contributed by atoms with Crippen LogP contribution in [0, 0.1) is 6.92 Å². The van der Waals surface area contributed by atoms with Crippen LogP contribution in [0.15, 0.2) is 24.3 Å².